The molecule has 0 bridgehead atoms. The van der Waals surface area contributed by atoms with Gasteiger partial charge in [0.1, 0.15) is 24.5 Å². The third-order valence-electron chi connectivity index (χ3n) is 4.30. The first-order valence-corrected chi connectivity index (χ1v) is 10.6. The number of carbonyl (C=O) groups is 4. The maximum absolute atomic E-state index is 12.8. The van der Waals surface area contributed by atoms with E-state index in [4.69, 9.17) is 4.74 Å². The van der Waals surface area contributed by atoms with Crippen molar-refractivity contribution in [2.45, 2.75) is 31.5 Å². The van der Waals surface area contributed by atoms with Crippen molar-refractivity contribution in [3.05, 3.63) is 71.8 Å². The fourth-order valence-electron chi connectivity index (χ4n) is 2.72. The molecule has 0 aliphatic carbocycles. The molecule has 0 spiro atoms. The van der Waals surface area contributed by atoms with Crippen LogP contribution in [0.5, 0.6) is 0 Å². The first-order valence-electron chi connectivity index (χ1n) is 9.51. The number of carbonyl (C=O) groups excluding carboxylic acids is 3. The van der Waals surface area contributed by atoms with Crippen LogP contribution < -0.4 is 10.6 Å². The Balaban J connectivity index is 2.07. The predicted molar refractivity (Wildman–Crippen MR) is 117 cm³/mol. The number of hydrogen-bond donors (Lipinski definition) is 3. The van der Waals surface area contributed by atoms with Crippen LogP contribution in [0.4, 0.5) is 4.79 Å². The summed E-state index contributed by atoms with van der Waals surface area (Å²) < 4.78 is 5.17. The van der Waals surface area contributed by atoms with Gasteiger partial charge in [-0.15, -0.1) is 0 Å². The number of halogens is 1. The number of carboxylic acid groups (broad SMARTS) is 1. The zero-order chi connectivity index (χ0) is 22.6. The molecule has 0 radical (unpaired) electrons. The van der Waals surface area contributed by atoms with Crippen molar-refractivity contribution in [2.75, 3.05) is 5.33 Å². The van der Waals surface area contributed by atoms with Gasteiger partial charge < -0.3 is 20.5 Å². The lowest BCUT2D eigenvalue weighted by atomic mass is 10.0. The number of alkyl halides is 1. The minimum Gasteiger partial charge on any atom is -0.480 e. The fraction of sp³-hybridized carbons (Fsp3) is 0.273. The SMILES string of the molecule is O=C(CBr)CC(NC(=O)C(Cc1ccccc1)NC(=O)OCc1ccccc1)C(=O)O. The van der Waals surface area contributed by atoms with Crippen molar-refractivity contribution in [1.29, 1.82) is 0 Å². The minimum atomic E-state index is -1.40. The van der Waals surface area contributed by atoms with E-state index in [1.165, 1.54) is 0 Å². The van der Waals surface area contributed by atoms with Crippen LogP contribution in [-0.2, 0) is 32.1 Å². The zero-order valence-corrected chi connectivity index (χ0v) is 18.2. The zero-order valence-electron chi connectivity index (χ0n) is 16.6. The van der Waals surface area contributed by atoms with Crippen LogP contribution >= 0.6 is 15.9 Å². The molecule has 9 heteroatoms. The molecule has 0 heterocycles. The van der Waals surface area contributed by atoms with E-state index in [0.29, 0.717) is 0 Å². The Hall–Kier alpha value is -3.20. The number of benzene rings is 2. The highest BCUT2D eigenvalue weighted by molar-refractivity contribution is 9.09. The van der Waals surface area contributed by atoms with Gasteiger partial charge in [-0.05, 0) is 11.1 Å². The number of rotatable bonds is 11. The molecule has 2 atom stereocenters. The number of ketones is 1. The van der Waals surface area contributed by atoms with Gasteiger partial charge in [-0.1, -0.05) is 76.6 Å². The molecular weight excluding hydrogens is 468 g/mol. The second-order valence-electron chi connectivity index (χ2n) is 6.72. The summed E-state index contributed by atoms with van der Waals surface area (Å²) in [6, 6.07) is 15.5. The minimum absolute atomic E-state index is 0.0177. The van der Waals surface area contributed by atoms with E-state index in [0.717, 1.165) is 11.1 Å². The smallest absolute Gasteiger partial charge is 0.408 e. The number of hydrogen-bond acceptors (Lipinski definition) is 5. The molecule has 2 aromatic carbocycles. The highest BCUT2D eigenvalue weighted by atomic mass is 79.9. The molecule has 3 N–H and O–H groups in total. The summed E-state index contributed by atoms with van der Waals surface area (Å²) in [5.74, 6) is -2.44. The van der Waals surface area contributed by atoms with Crippen LogP contribution in [0.3, 0.4) is 0 Å². The Morgan fingerprint density at radius 1 is 0.871 bits per heavy atom. The molecule has 2 aromatic rings. The Kier molecular flexibility index (Phi) is 9.70. The quantitative estimate of drug-likeness (QED) is 0.416. The average Bonchev–Trinajstić information content (AvgIpc) is 2.78. The lowest BCUT2D eigenvalue weighted by molar-refractivity contribution is -0.143. The Labute approximate surface area is 188 Å². The van der Waals surface area contributed by atoms with E-state index < -0.39 is 30.1 Å². The lowest BCUT2D eigenvalue weighted by Crippen LogP contribution is -2.53. The first-order chi connectivity index (χ1) is 14.9. The molecule has 0 saturated carbocycles. The third kappa shape index (κ3) is 8.59. The molecule has 0 aliphatic heterocycles. The molecule has 2 unspecified atom stereocenters. The van der Waals surface area contributed by atoms with Gasteiger partial charge in [0.05, 0.1) is 5.33 Å². The van der Waals surface area contributed by atoms with Gasteiger partial charge >= 0.3 is 12.1 Å². The van der Waals surface area contributed by atoms with Crippen molar-refractivity contribution in [2.24, 2.45) is 0 Å². The number of aliphatic carboxylic acids is 1. The van der Waals surface area contributed by atoms with E-state index in [-0.39, 0.29) is 30.6 Å². The van der Waals surface area contributed by atoms with Gasteiger partial charge in [0.2, 0.25) is 5.91 Å². The number of amides is 2. The van der Waals surface area contributed by atoms with Crippen LogP contribution in [0.15, 0.2) is 60.7 Å². The summed E-state index contributed by atoms with van der Waals surface area (Å²) in [5.41, 5.74) is 1.54. The van der Waals surface area contributed by atoms with Gasteiger partial charge in [-0.25, -0.2) is 9.59 Å². The summed E-state index contributed by atoms with van der Waals surface area (Å²) in [6.07, 6.45) is -1.07. The highest BCUT2D eigenvalue weighted by Gasteiger charge is 2.28. The van der Waals surface area contributed by atoms with Crippen molar-refractivity contribution >= 4 is 39.7 Å². The van der Waals surface area contributed by atoms with Crippen molar-refractivity contribution in [3.8, 4) is 0 Å². The summed E-state index contributed by atoms with van der Waals surface area (Å²) in [4.78, 5) is 48.1. The van der Waals surface area contributed by atoms with E-state index in [9.17, 15) is 24.3 Å². The molecule has 0 aromatic heterocycles. The van der Waals surface area contributed by atoms with E-state index in [1.807, 2.05) is 24.3 Å². The van der Waals surface area contributed by atoms with E-state index >= 15 is 0 Å². The van der Waals surface area contributed by atoms with Gasteiger partial charge in [0, 0.05) is 12.8 Å². The molecule has 31 heavy (non-hydrogen) atoms. The highest BCUT2D eigenvalue weighted by Crippen LogP contribution is 2.07. The van der Waals surface area contributed by atoms with Crippen molar-refractivity contribution in [1.82, 2.24) is 10.6 Å². The first kappa shape index (κ1) is 24.1. The maximum atomic E-state index is 12.8. The Bertz CT molecular complexity index is 891. The lowest BCUT2D eigenvalue weighted by Gasteiger charge is -2.21. The largest absolute Gasteiger partial charge is 0.480 e. The molecular formula is C22H23BrN2O6. The molecule has 2 rings (SSSR count). The van der Waals surface area contributed by atoms with Gasteiger partial charge in [0.25, 0.3) is 0 Å². The normalized spacial score (nSPS) is 12.3. The van der Waals surface area contributed by atoms with Gasteiger partial charge in [-0.2, -0.15) is 0 Å². The Morgan fingerprint density at radius 2 is 1.45 bits per heavy atom. The van der Waals surface area contributed by atoms with Crippen LogP contribution in [0, 0.1) is 0 Å². The number of ether oxygens (including phenoxy) is 1. The predicted octanol–water partition coefficient (Wildman–Crippen LogP) is 2.45. The molecule has 0 aliphatic rings. The summed E-state index contributed by atoms with van der Waals surface area (Å²) in [7, 11) is 0. The molecule has 8 nitrogen and oxygen atoms in total. The van der Waals surface area contributed by atoms with E-state index in [2.05, 4.69) is 26.6 Å². The van der Waals surface area contributed by atoms with Gasteiger partial charge in [0.15, 0.2) is 0 Å². The maximum Gasteiger partial charge on any atom is 0.408 e. The van der Waals surface area contributed by atoms with Crippen molar-refractivity contribution < 1.29 is 29.0 Å². The molecule has 164 valence electrons. The number of carboxylic acids is 1. The van der Waals surface area contributed by atoms with Crippen LogP contribution in [0.1, 0.15) is 17.5 Å². The Morgan fingerprint density at radius 3 is 2.00 bits per heavy atom. The fourth-order valence-corrected chi connectivity index (χ4v) is 2.95. The van der Waals surface area contributed by atoms with Crippen molar-refractivity contribution in [3.63, 3.8) is 0 Å². The number of nitrogens with one attached hydrogen (secondary N) is 2. The number of alkyl carbamates (subject to hydrolysis) is 1. The average molecular weight is 491 g/mol. The van der Waals surface area contributed by atoms with Crippen LogP contribution in [0.25, 0.3) is 0 Å². The molecule has 0 fully saturated rings. The topological polar surface area (TPSA) is 122 Å². The van der Waals surface area contributed by atoms with Gasteiger partial charge in [-0.3, -0.25) is 9.59 Å². The molecule has 2 amide bonds. The third-order valence-corrected chi connectivity index (χ3v) is 4.92. The summed E-state index contributed by atoms with van der Waals surface area (Å²) >= 11 is 2.97. The van der Waals surface area contributed by atoms with Crippen LogP contribution in [-0.4, -0.2) is 46.3 Å². The number of Topliss-reactive ketones (excluding diaryl/α,β-unsaturated/α-hetero) is 1. The molecule has 0 saturated heterocycles. The summed E-state index contributed by atoms with van der Waals surface area (Å²) in [5, 5.41) is 14.1. The van der Waals surface area contributed by atoms with E-state index in [1.54, 1.807) is 36.4 Å². The second-order valence-corrected chi connectivity index (χ2v) is 7.28. The monoisotopic (exact) mass is 490 g/mol. The second kappa shape index (κ2) is 12.5. The summed E-state index contributed by atoms with van der Waals surface area (Å²) in [6.45, 7) is 0.0177. The van der Waals surface area contributed by atoms with Crippen LogP contribution in [0.2, 0.25) is 0 Å². The standard InChI is InChI=1S/C22H23BrN2O6/c23-13-17(26)12-19(21(28)29)24-20(27)18(11-15-7-3-1-4-8-15)25-22(30)31-14-16-9-5-2-6-10-16/h1-10,18-19H,11-14H2,(H,24,27)(H,25,30)(H,28,29).